The van der Waals surface area contributed by atoms with E-state index in [4.69, 9.17) is 0 Å². The lowest BCUT2D eigenvalue weighted by Crippen LogP contribution is -2.50. The lowest BCUT2D eigenvalue weighted by Gasteiger charge is -2.38. The zero-order valence-corrected chi connectivity index (χ0v) is 15.6. The van der Waals surface area contributed by atoms with Crippen LogP contribution in [0.25, 0.3) is 21.8 Å². The molecule has 160 valence electrons. The number of pyridine rings is 1. The minimum atomic E-state index is -5.84. The van der Waals surface area contributed by atoms with Gasteiger partial charge in [-0.3, -0.25) is 10.00 Å². The number of H-pyrrole nitrogens is 1. The molecule has 0 radical (unpaired) electrons. The highest BCUT2D eigenvalue weighted by molar-refractivity contribution is 6.08. The van der Waals surface area contributed by atoms with E-state index in [0.717, 1.165) is 25.9 Å². The summed E-state index contributed by atoms with van der Waals surface area (Å²) < 4.78 is 80.8. The van der Waals surface area contributed by atoms with Gasteiger partial charge in [-0.05, 0) is 31.5 Å². The first-order chi connectivity index (χ1) is 14.2. The first kappa shape index (κ1) is 19.4. The number of piperazine rings is 1. The molecular weight excluding hydrogens is 412 g/mol. The molecule has 2 saturated heterocycles. The van der Waals surface area contributed by atoms with Crippen LogP contribution < -0.4 is 4.90 Å². The van der Waals surface area contributed by atoms with Gasteiger partial charge in [-0.2, -0.15) is 27.1 Å². The Hall–Kier alpha value is -2.56. The fraction of sp³-hybridized carbons (Fsp3) is 0.474. The number of nitrogens with one attached hydrogen (secondary N) is 1. The molecule has 11 heteroatoms. The fourth-order valence-electron chi connectivity index (χ4n) is 4.50. The van der Waals surface area contributed by atoms with Crippen LogP contribution in [0.5, 0.6) is 0 Å². The van der Waals surface area contributed by atoms with Crippen molar-refractivity contribution in [2.24, 2.45) is 0 Å². The molecule has 0 bridgehead atoms. The van der Waals surface area contributed by atoms with Gasteiger partial charge in [0.1, 0.15) is 16.9 Å². The summed E-state index contributed by atoms with van der Waals surface area (Å²) in [5.74, 6) is -5.98. The van der Waals surface area contributed by atoms with Crippen LogP contribution in [0.3, 0.4) is 0 Å². The molecule has 5 nitrogen and oxygen atoms in total. The highest BCUT2D eigenvalue weighted by atomic mass is 19.4. The molecule has 0 aliphatic carbocycles. The second-order valence-corrected chi connectivity index (χ2v) is 7.80. The number of nitrogens with zero attached hydrogens (tertiary/aromatic N) is 4. The van der Waals surface area contributed by atoms with E-state index in [1.165, 1.54) is 6.20 Å². The summed E-state index contributed by atoms with van der Waals surface area (Å²) in [5.41, 5.74) is -1.33. The van der Waals surface area contributed by atoms with E-state index in [2.05, 4.69) is 20.1 Å². The Labute approximate surface area is 166 Å². The van der Waals surface area contributed by atoms with Crippen molar-refractivity contribution in [3.63, 3.8) is 0 Å². The second kappa shape index (κ2) is 6.47. The van der Waals surface area contributed by atoms with Crippen LogP contribution in [0.15, 0.2) is 18.3 Å². The predicted molar refractivity (Wildman–Crippen MR) is 98.1 cm³/mol. The highest BCUT2D eigenvalue weighted by Crippen LogP contribution is 2.45. The Balaban J connectivity index is 1.66. The smallest absolute Gasteiger partial charge is 0.352 e. The van der Waals surface area contributed by atoms with Crippen molar-refractivity contribution < 1.29 is 26.3 Å². The summed E-state index contributed by atoms with van der Waals surface area (Å²) in [6.45, 7) is 3.18. The molecule has 30 heavy (non-hydrogen) atoms. The second-order valence-electron chi connectivity index (χ2n) is 7.80. The van der Waals surface area contributed by atoms with Gasteiger partial charge in [0, 0.05) is 42.0 Å². The van der Waals surface area contributed by atoms with E-state index < -0.39 is 23.5 Å². The molecule has 4 heterocycles. The molecular formula is C19H17F6N5. The zero-order valence-electron chi connectivity index (χ0n) is 15.6. The van der Waals surface area contributed by atoms with Crippen molar-refractivity contribution in [1.29, 1.82) is 0 Å². The summed E-state index contributed by atoms with van der Waals surface area (Å²) in [7, 11) is 0. The maximum absolute atomic E-state index is 14.7. The Bertz CT molecular complexity index is 1120. The Morgan fingerprint density at radius 3 is 2.60 bits per heavy atom. The maximum atomic E-state index is 14.7. The monoisotopic (exact) mass is 429 g/mol. The largest absolute Gasteiger partial charge is 0.458 e. The fourth-order valence-corrected chi connectivity index (χ4v) is 4.50. The van der Waals surface area contributed by atoms with Crippen LogP contribution in [0.1, 0.15) is 18.4 Å². The van der Waals surface area contributed by atoms with Gasteiger partial charge in [0.25, 0.3) is 0 Å². The van der Waals surface area contributed by atoms with Gasteiger partial charge in [-0.1, -0.05) is 0 Å². The van der Waals surface area contributed by atoms with E-state index in [9.17, 15) is 26.3 Å². The van der Waals surface area contributed by atoms with Gasteiger partial charge >= 0.3 is 12.1 Å². The number of hydrogen-bond donors (Lipinski definition) is 1. The Morgan fingerprint density at radius 1 is 1.03 bits per heavy atom. The van der Waals surface area contributed by atoms with Gasteiger partial charge in [0.2, 0.25) is 0 Å². The number of halogens is 6. The summed E-state index contributed by atoms with van der Waals surface area (Å²) in [4.78, 5) is 8.71. The number of rotatable bonds is 2. The summed E-state index contributed by atoms with van der Waals surface area (Å²) in [5, 5.41) is 6.77. The van der Waals surface area contributed by atoms with Gasteiger partial charge in [-0.15, -0.1) is 0 Å². The average Bonchev–Trinajstić information content (AvgIpc) is 3.35. The number of anilines is 1. The van der Waals surface area contributed by atoms with Crippen LogP contribution in [-0.4, -0.2) is 58.5 Å². The van der Waals surface area contributed by atoms with Gasteiger partial charge in [0.15, 0.2) is 5.82 Å². The standard InChI is InChI=1S/C19H17F6N5/c20-14-7-10(18(21,22)19(23,24)25)6-12-13-8-26-28-16(13)17(27-15(12)14)30-5-4-29-3-1-2-11(29)9-30/h6-8,11H,1-5,9H2,(H,26,28). The predicted octanol–water partition coefficient (Wildman–Crippen LogP) is 4.19. The Morgan fingerprint density at radius 2 is 1.83 bits per heavy atom. The molecule has 2 aliphatic rings. The van der Waals surface area contributed by atoms with Crippen molar-refractivity contribution >= 4 is 27.6 Å². The average molecular weight is 429 g/mol. The van der Waals surface area contributed by atoms with E-state index in [1.54, 1.807) is 0 Å². The Kier molecular flexibility index (Phi) is 4.18. The summed E-state index contributed by atoms with van der Waals surface area (Å²) in [6.07, 6.45) is -2.39. The maximum Gasteiger partial charge on any atom is 0.458 e. The first-order valence-electron chi connectivity index (χ1n) is 9.57. The molecule has 1 atom stereocenters. The zero-order chi connectivity index (χ0) is 21.3. The van der Waals surface area contributed by atoms with Crippen molar-refractivity contribution in [3.05, 3.63) is 29.7 Å². The van der Waals surface area contributed by atoms with Gasteiger partial charge < -0.3 is 4.90 Å². The number of alkyl halides is 5. The number of aromatic amines is 1. The third-order valence-corrected chi connectivity index (χ3v) is 6.04. The number of hydrogen-bond acceptors (Lipinski definition) is 4. The molecule has 2 aliphatic heterocycles. The molecule has 5 rings (SSSR count). The highest BCUT2D eigenvalue weighted by Gasteiger charge is 2.59. The molecule has 0 spiro atoms. The molecule has 1 N–H and O–H groups in total. The normalized spacial score (nSPS) is 21.0. The van der Waals surface area contributed by atoms with E-state index in [0.29, 0.717) is 36.5 Å². The van der Waals surface area contributed by atoms with Crippen molar-refractivity contribution in [1.82, 2.24) is 20.1 Å². The third kappa shape index (κ3) is 2.82. The van der Waals surface area contributed by atoms with E-state index in [-0.39, 0.29) is 22.4 Å². The number of aromatic nitrogens is 3. The van der Waals surface area contributed by atoms with Crippen molar-refractivity contribution in [2.45, 2.75) is 31.0 Å². The van der Waals surface area contributed by atoms with Crippen molar-refractivity contribution in [2.75, 3.05) is 31.1 Å². The van der Waals surface area contributed by atoms with Crippen LogP contribution in [-0.2, 0) is 5.92 Å². The van der Waals surface area contributed by atoms with Crippen LogP contribution in [0.2, 0.25) is 0 Å². The lowest BCUT2D eigenvalue weighted by molar-refractivity contribution is -0.289. The third-order valence-electron chi connectivity index (χ3n) is 6.04. The lowest BCUT2D eigenvalue weighted by atomic mass is 10.0. The minimum Gasteiger partial charge on any atom is -0.352 e. The topological polar surface area (TPSA) is 48.1 Å². The number of benzene rings is 1. The van der Waals surface area contributed by atoms with E-state index >= 15 is 0 Å². The van der Waals surface area contributed by atoms with Crippen LogP contribution in [0, 0.1) is 5.82 Å². The molecule has 0 saturated carbocycles. The van der Waals surface area contributed by atoms with Crippen LogP contribution in [0.4, 0.5) is 32.2 Å². The van der Waals surface area contributed by atoms with Gasteiger partial charge in [0.05, 0.1) is 6.20 Å². The SMILES string of the molecule is Fc1cc(C(F)(F)C(F)(F)F)cc2c1nc(N1CCN3CCCC3C1)c1[nH]ncc12. The quantitative estimate of drug-likeness (QED) is 0.621. The molecule has 3 aromatic rings. The summed E-state index contributed by atoms with van der Waals surface area (Å²) in [6, 6.07) is 1.22. The van der Waals surface area contributed by atoms with Crippen molar-refractivity contribution in [3.8, 4) is 0 Å². The van der Waals surface area contributed by atoms with E-state index in [1.807, 2.05) is 4.90 Å². The summed E-state index contributed by atoms with van der Waals surface area (Å²) >= 11 is 0. The number of fused-ring (bicyclic) bond motifs is 4. The molecule has 2 aromatic heterocycles. The minimum absolute atomic E-state index is 0.138. The first-order valence-corrected chi connectivity index (χ1v) is 9.57. The van der Waals surface area contributed by atoms with Crippen LogP contribution >= 0.6 is 0 Å². The molecule has 1 aromatic carbocycles. The molecule has 1 unspecified atom stereocenters. The molecule has 2 fully saturated rings. The van der Waals surface area contributed by atoms with Gasteiger partial charge in [-0.25, -0.2) is 9.37 Å². The molecule has 0 amide bonds.